The Hall–Kier alpha value is -2.54. The smallest absolute Gasteiger partial charge is 0.328 e. The highest BCUT2D eigenvalue weighted by atomic mass is 16.5. The maximum Gasteiger partial charge on any atom is 0.328 e. The number of para-hydroxylation sites is 1. The van der Waals surface area contributed by atoms with Crippen LogP contribution in [0.2, 0.25) is 0 Å². The fraction of sp³-hybridized carbons (Fsp3) is 0.545. The van der Waals surface area contributed by atoms with Gasteiger partial charge < -0.3 is 25.6 Å². The fourth-order valence-electron chi connectivity index (χ4n) is 2.97. The van der Waals surface area contributed by atoms with Crippen molar-refractivity contribution in [1.82, 2.24) is 5.32 Å². The van der Waals surface area contributed by atoms with E-state index in [1.807, 2.05) is 0 Å². The van der Waals surface area contributed by atoms with E-state index in [1.54, 1.807) is 0 Å². The quantitative estimate of drug-likeness (QED) is 0.345. The van der Waals surface area contributed by atoms with Gasteiger partial charge in [0, 0.05) is 18.7 Å². The minimum Gasteiger partial charge on any atom is -0.488 e. The molecule has 1 aromatic rings. The van der Waals surface area contributed by atoms with Crippen molar-refractivity contribution in [3.63, 3.8) is 0 Å². The van der Waals surface area contributed by atoms with Crippen molar-refractivity contribution in [3.05, 3.63) is 35.9 Å². The zero-order chi connectivity index (χ0) is 21.5. The molecule has 1 aliphatic rings. The number of rotatable bonds is 10. The molecule has 162 valence electrons. The van der Waals surface area contributed by atoms with Crippen LogP contribution in [0.1, 0.15) is 51.0 Å². The second-order valence-corrected chi connectivity index (χ2v) is 7.01. The molecule has 0 atom stereocenters. The summed E-state index contributed by atoms with van der Waals surface area (Å²) in [4.78, 5) is 19.1. The van der Waals surface area contributed by atoms with E-state index >= 15 is 0 Å². The minimum atomic E-state index is -1.26. The molecular weight excluding hydrogens is 372 g/mol. The number of carboxylic acids is 2. The second-order valence-electron chi connectivity index (χ2n) is 7.01. The molecule has 0 spiro atoms. The maximum absolute atomic E-state index is 9.55. The summed E-state index contributed by atoms with van der Waals surface area (Å²) in [6.07, 6.45) is 8.82. The van der Waals surface area contributed by atoms with Crippen molar-refractivity contribution in [1.29, 1.82) is 0 Å². The summed E-state index contributed by atoms with van der Waals surface area (Å²) in [6.45, 7) is 7.57. The normalized spacial score (nSPS) is 14.1. The van der Waals surface area contributed by atoms with E-state index in [1.165, 1.54) is 36.9 Å². The Morgan fingerprint density at radius 1 is 1.14 bits per heavy atom. The van der Waals surface area contributed by atoms with Gasteiger partial charge in [-0.2, -0.15) is 0 Å². The first-order valence-corrected chi connectivity index (χ1v) is 10.3. The van der Waals surface area contributed by atoms with E-state index in [0.29, 0.717) is 18.3 Å². The number of hydrogen-bond acceptors (Lipinski definition) is 5. The number of carbonyl (C=O) groups is 2. The lowest BCUT2D eigenvalue weighted by atomic mass is 10.1. The summed E-state index contributed by atoms with van der Waals surface area (Å²) >= 11 is 0. The molecule has 1 fully saturated rings. The monoisotopic (exact) mass is 406 g/mol. The zero-order valence-electron chi connectivity index (χ0n) is 17.4. The average molecular weight is 407 g/mol. The lowest BCUT2D eigenvalue weighted by molar-refractivity contribution is -0.134. The Labute approximate surface area is 173 Å². The predicted octanol–water partition coefficient (Wildman–Crippen LogP) is 3.83. The van der Waals surface area contributed by atoms with Crippen LogP contribution in [-0.4, -0.2) is 47.9 Å². The van der Waals surface area contributed by atoms with Gasteiger partial charge in [-0.1, -0.05) is 38.3 Å². The zero-order valence-corrected chi connectivity index (χ0v) is 17.4. The molecule has 0 unspecified atom stereocenters. The predicted molar refractivity (Wildman–Crippen MR) is 115 cm³/mol. The topological polar surface area (TPSA) is 108 Å². The van der Waals surface area contributed by atoms with Gasteiger partial charge in [-0.3, -0.25) is 0 Å². The SMILES string of the molecule is CCCCCCNc1c(C)cccc1OC1CCNCC1.O=C(O)C=CC(=O)O. The number of unbranched alkanes of at least 4 members (excludes halogenated alkanes) is 3. The van der Waals surface area contributed by atoms with Gasteiger partial charge in [-0.05, 0) is 50.9 Å². The third kappa shape index (κ3) is 11.1. The van der Waals surface area contributed by atoms with Gasteiger partial charge in [-0.25, -0.2) is 9.59 Å². The van der Waals surface area contributed by atoms with Gasteiger partial charge in [0.15, 0.2) is 0 Å². The first kappa shape index (κ1) is 24.5. The summed E-state index contributed by atoms with van der Waals surface area (Å²) in [7, 11) is 0. The molecule has 0 bridgehead atoms. The summed E-state index contributed by atoms with van der Waals surface area (Å²) in [6, 6.07) is 6.35. The number of aliphatic carboxylic acids is 2. The van der Waals surface area contributed by atoms with Crippen molar-refractivity contribution in [2.45, 2.75) is 58.5 Å². The first-order chi connectivity index (χ1) is 13.9. The standard InChI is InChI=1S/C18H30N2O.C4H4O4/c1-3-4-5-6-12-20-18-15(2)8-7-9-17(18)21-16-10-13-19-14-11-16;5-3(6)1-2-4(7)8/h7-9,16,19-20H,3-6,10-14H2,1-2H3;1-2H,(H,5,6)(H,7,8). The fourth-order valence-corrected chi connectivity index (χ4v) is 2.97. The van der Waals surface area contributed by atoms with Crippen LogP contribution in [0.5, 0.6) is 5.75 Å². The maximum atomic E-state index is 9.55. The average Bonchev–Trinajstić information content (AvgIpc) is 2.69. The van der Waals surface area contributed by atoms with Crippen molar-refractivity contribution in [3.8, 4) is 5.75 Å². The summed E-state index contributed by atoms with van der Waals surface area (Å²) in [5, 5.41) is 22.6. The van der Waals surface area contributed by atoms with Crippen LogP contribution in [0.3, 0.4) is 0 Å². The number of nitrogens with one attached hydrogen (secondary N) is 2. The number of hydrogen-bond donors (Lipinski definition) is 4. The van der Waals surface area contributed by atoms with Gasteiger partial charge in [-0.15, -0.1) is 0 Å². The van der Waals surface area contributed by atoms with Crippen LogP contribution in [0.4, 0.5) is 5.69 Å². The molecule has 4 N–H and O–H groups in total. The third-order valence-corrected chi connectivity index (χ3v) is 4.51. The van der Waals surface area contributed by atoms with E-state index < -0.39 is 11.9 Å². The molecule has 1 saturated heterocycles. The molecule has 1 aromatic carbocycles. The largest absolute Gasteiger partial charge is 0.488 e. The number of piperidine rings is 1. The Morgan fingerprint density at radius 2 is 1.79 bits per heavy atom. The van der Waals surface area contributed by atoms with E-state index in [0.717, 1.165) is 38.2 Å². The summed E-state index contributed by atoms with van der Waals surface area (Å²) in [5.41, 5.74) is 2.46. The van der Waals surface area contributed by atoms with Gasteiger partial charge in [0.25, 0.3) is 0 Å². The van der Waals surface area contributed by atoms with Crippen LogP contribution >= 0.6 is 0 Å². The van der Waals surface area contributed by atoms with Crippen LogP contribution < -0.4 is 15.4 Å². The highest BCUT2D eigenvalue weighted by Crippen LogP contribution is 2.30. The Kier molecular flexibility index (Phi) is 12.2. The molecule has 0 aliphatic carbocycles. The number of carboxylic acid groups (broad SMARTS) is 2. The Balaban J connectivity index is 0.000000447. The highest BCUT2D eigenvalue weighted by Gasteiger charge is 2.16. The van der Waals surface area contributed by atoms with Crippen LogP contribution in [0.15, 0.2) is 30.4 Å². The number of benzene rings is 1. The molecule has 2 rings (SSSR count). The highest BCUT2D eigenvalue weighted by molar-refractivity contribution is 5.89. The molecule has 1 aliphatic heterocycles. The molecule has 0 radical (unpaired) electrons. The van der Waals surface area contributed by atoms with Gasteiger partial charge in [0.05, 0.1) is 5.69 Å². The van der Waals surface area contributed by atoms with E-state index in [2.05, 4.69) is 42.7 Å². The van der Waals surface area contributed by atoms with E-state index in [-0.39, 0.29) is 0 Å². The lowest BCUT2D eigenvalue weighted by Gasteiger charge is -2.25. The Morgan fingerprint density at radius 3 is 2.38 bits per heavy atom. The molecule has 29 heavy (non-hydrogen) atoms. The minimum absolute atomic E-state index is 0.355. The molecular formula is C22H34N2O5. The second kappa shape index (κ2) is 14.5. The Bertz CT molecular complexity index is 639. The van der Waals surface area contributed by atoms with Gasteiger partial charge in [0.1, 0.15) is 11.9 Å². The van der Waals surface area contributed by atoms with Crippen molar-refractivity contribution in [2.75, 3.05) is 25.0 Å². The van der Waals surface area contributed by atoms with Crippen LogP contribution in [-0.2, 0) is 9.59 Å². The lowest BCUT2D eigenvalue weighted by Crippen LogP contribution is -2.34. The van der Waals surface area contributed by atoms with Crippen LogP contribution in [0, 0.1) is 6.92 Å². The van der Waals surface area contributed by atoms with E-state index in [4.69, 9.17) is 14.9 Å². The van der Waals surface area contributed by atoms with Crippen molar-refractivity contribution >= 4 is 17.6 Å². The molecule has 0 saturated carbocycles. The van der Waals surface area contributed by atoms with Crippen molar-refractivity contribution in [2.24, 2.45) is 0 Å². The van der Waals surface area contributed by atoms with Crippen LogP contribution in [0.25, 0.3) is 0 Å². The summed E-state index contributed by atoms with van der Waals surface area (Å²) in [5.74, 6) is -1.49. The third-order valence-electron chi connectivity index (χ3n) is 4.51. The van der Waals surface area contributed by atoms with Gasteiger partial charge in [0.2, 0.25) is 0 Å². The first-order valence-electron chi connectivity index (χ1n) is 10.3. The molecule has 7 heteroatoms. The molecule has 0 amide bonds. The number of ether oxygens (including phenoxy) is 1. The number of anilines is 1. The van der Waals surface area contributed by atoms with Gasteiger partial charge >= 0.3 is 11.9 Å². The van der Waals surface area contributed by atoms with Crippen molar-refractivity contribution < 1.29 is 24.5 Å². The summed E-state index contributed by atoms with van der Waals surface area (Å²) < 4.78 is 6.24. The molecule has 1 heterocycles. The van der Waals surface area contributed by atoms with E-state index in [9.17, 15) is 9.59 Å². The molecule has 7 nitrogen and oxygen atoms in total. The molecule has 0 aromatic heterocycles. The number of aryl methyl sites for hydroxylation is 1.